The largest absolute Gasteiger partial charge is 0.496 e. The van der Waals surface area contributed by atoms with Crippen LogP contribution in [-0.4, -0.2) is 35.5 Å². The zero-order valence-corrected chi connectivity index (χ0v) is 14.6. The molecule has 0 saturated carbocycles. The molecule has 6 heteroatoms. The Kier molecular flexibility index (Phi) is 5.16. The first kappa shape index (κ1) is 17.2. The molecule has 1 aromatic heterocycles. The number of piperidine rings is 1. The summed E-state index contributed by atoms with van der Waals surface area (Å²) in [6.07, 6.45) is 5.16. The summed E-state index contributed by atoms with van der Waals surface area (Å²) >= 11 is 0. The molecule has 3 rings (SSSR count). The van der Waals surface area contributed by atoms with Gasteiger partial charge in [-0.05, 0) is 18.9 Å². The number of carbonyl (C=O) groups excluding carboxylic acids is 1. The van der Waals surface area contributed by atoms with Crippen molar-refractivity contribution >= 4 is 11.6 Å². The van der Waals surface area contributed by atoms with Gasteiger partial charge in [0.05, 0.1) is 7.11 Å². The van der Waals surface area contributed by atoms with Gasteiger partial charge in [-0.15, -0.1) is 0 Å². The number of hydrogen-bond acceptors (Lipinski definition) is 5. The summed E-state index contributed by atoms with van der Waals surface area (Å²) in [6.45, 7) is 1.35. The van der Waals surface area contributed by atoms with Crippen molar-refractivity contribution in [1.29, 1.82) is 0 Å². The number of aryl methyl sites for hydroxylation is 1. The van der Waals surface area contributed by atoms with Crippen molar-refractivity contribution in [2.45, 2.75) is 19.3 Å². The second-order valence-electron chi connectivity index (χ2n) is 6.38. The highest BCUT2D eigenvalue weighted by Crippen LogP contribution is 2.24. The highest BCUT2D eigenvalue weighted by atomic mass is 16.5. The molecule has 0 bridgehead atoms. The zero-order chi connectivity index (χ0) is 17.8. The molecule has 1 fully saturated rings. The number of ketones is 1. The molecular weight excluding hydrogens is 318 g/mol. The van der Waals surface area contributed by atoms with Crippen LogP contribution < -0.4 is 15.2 Å². The number of carbonyl (C=O) groups is 1. The predicted octanol–water partition coefficient (Wildman–Crippen LogP) is 1.82. The Balaban J connectivity index is 1.63. The van der Waals surface area contributed by atoms with E-state index < -0.39 is 0 Å². The summed E-state index contributed by atoms with van der Waals surface area (Å²) in [5.41, 5.74) is 0.831. The topological polar surface area (TPSA) is 64.4 Å². The van der Waals surface area contributed by atoms with Crippen molar-refractivity contribution in [2.24, 2.45) is 13.0 Å². The first-order valence-corrected chi connectivity index (χ1v) is 8.51. The third kappa shape index (κ3) is 3.73. The minimum Gasteiger partial charge on any atom is -0.496 e. The van der Waals surface area contributed by atoms with Crippen LogP contribution in [0.5, 0.6) is 5.75 Å². The fraction of sp³-hybridized carbons (Fsp3) is 0.421. The van der Waals surface area contributed by atoms with Gasteiger partial charge in [0.1, 0.15) is 11.5 Å². The van der Waals surface area contributed by atoms with E-state index in [4.69, 9.17) is 4.74 Å². The second-order valence-corrected chi connectivity index (χ2v) is 6.38. The lowest BCUT2D eigenvalue weighted by atomic mass is 9.89. The fourth-order valence-electron chi connectivity index (χ4n) is 3.30. The standard InChI is InChI=1S/C19H23N3O3/c1-21-12-9-20-18(19(21)24)22-10-7-14(8-11-22)16(23)13-15-5-3-4-6-17(15)25-2/h3-6,9,12,14H,7-8,10-11,13H2,1-2H3. The van der Waals surface area contributed by atoms with Crippen LogP contribution in [0.2, 0.25) is 0 Å². The fourth-order valence-corrected chi connectivity index (χ4v) is 3.30. The minimum atomic E-state index is -0.0960. The van der Waals surface area contributed by atoms with E-state index in [9.17, 15) is 9.59 Å². The van der Waals surface area contributed by atoms with Gasteiger partial charge in [-0.3, -0.25) is 9.59 Å². The SMILES string of the molecule is COc1ccccc1CC(=O)C1CCN(c2nccn(C)c2=O)CC1. The second kappa shape index (κ2) is 7.51. The summed E-state index contributed by atoms with van der Waals surface area (Å²) in [5, 5.41) is 0. The van der Waals surface area contributed by atoms with Gasteiger partial charge in [-0.1, -0.05) is 18.2 Å². The third-order valence-electron chi connectivity index (χ3n) is 4.81. The molecule has 1 aromatic carbocycles. The number of methoxy groups -OCH3 is 1. The molecular formula is C19H23N3O3. The number of benzene rings is 1. The van der Waals surface area contributed by atoms with E-state index in [1.807, 2.05) is 29.2 Å². The maximum absolute atomic E-state index is 12.6. The lowest BCUT2D eigenvalue weighted by Crippen LogP contribution is -2.40. The third-order valence-corrected chi connectivity index (χ3v) is 4.81. The van der Waals surface area contributed by atoms with Crippen LogP contribution in [0, 0.1) is 5.92 Å². The van der Waals surface area contributed by atoms with Crippen molar-refractivity contribution in [2.75, 3.05) is 25.1 Å². The summed E-state index contributed by atoms with van der Waals surface area (Å²) in [5.74, 6) is 1.48. The van der Waals surface area contributed by atoms with Crippen molar-refractivity contribution in [1.82, 2.24) is 9.55 Å². The molecule has 1 aliphatic rings. The highest BCUT2D eigenvalue weighted by molar-refractivity contribution is 5.84. The van der Waals surface area contributed by atoms with Gasteiger partial charge >= 0.3 is 0 Å². The summed E-state index contributed by atoms with van der Waals surface area (Å²) in [7, 11) is 3.34. The molecule has 132 valence electrons. The number of aromatic nitrogens is 2. The van der Waals surface area contributed by atoms with Crippen LogP contribution in [-0.2, 0) is 18.3 Å². The van der Waals surface area contributed by atoms with Crippen molar-refractivity contribution in [3.63, 3.8) is 0 Å². The summed E-state index contributed by atoms with van der Waals surface area (Å²) in [4.78, 5) is 31.0. The first-order chi connectivity index (χ1) is 12.1. The van der Waals surface area contributed by atoms with Gasteiger partial charge < -0.3 is 14.2 Å². The monoisotopic (exact) mass is 341 g/mol. The number of Topliss-reactive ketones (excluding diaryl/α,β-unsaturated/α-hetero) is 1. The number of rotatable bonds is 5. The molecule has 1 aliphatic heterocycles. The number of nitrogens with zero attached hydrogens (tertiary/aromatic N) is 3. The molecule has 2 heterocycles. The van der Waals surface area contributed by atoms with Crippen LogP contribution in [0.25, 0.3) is 0 Å². The summed E-state index contributed by atoms with van der Waals surface area (Å²) < 4.78 is 6.86. The summed E-state index contributed by atoms with van der Waals surface area (Å²) in [6, 6.07) is 7.63. The van der Waals surface area contributed by atoms with E-state index in [0.717, 1.165) is 24.2 Å². The average molecular weight is 341 g/mol. The van der Waals surface area contributed by atoms with Gasteiger partial charge in [0.15, 0.2) is 5.82 Å². The van der Waals surface area contributed by atoms with Crippen LogP contribution in [0.4, 0.5) is 5.82 Å². The molecule has 0 atom stereocenters. The maximum Gasteiger partial charge on any atom is 0.293 e. The molecule has 0 aliphatic carbocycles. The first-order valence-electron chi connectivity index (χ1n) is 8.51. The van der Waals surface area contributed by atoms with E-state index in [2.05, 4.69) is 4.98 Å². The Morgan fingerprint density at radius 2 is 2.00 bits per heavy atom. The van der Waals surface area contributed by atoms with Crippen molar-refractivity contribution in [3.05, 3.63) is 52.6 Å². The van der Waals surface area contributed by atoms with E-state index >= 15 is 0 Å². The highest BCUT2D eigenvalue weighted by Gasteiger charge is 2.27. The van der Waals surface area contributed by atoms with Crippen LogP contribution >= 0.6 is 0 Å². The number of para-hydroxylation sites is 1. The molecule has 25 heavy (non-hydrogen) atoms. The van der Waals surface area contributed by atoms with Crippen molar-refractivity contribution < 1.29 is 9.53 Å². The zero-order valence-electron chi connectivity index (χ0n) is 14.6. The lowest BCUT2D eigenvalue weighted by Gasteiger charge is -2.31. The Morgan fingerprint density at radius 1 is 1.28 bits per heavy atom. The maximum atomic E-state index is 12.6. The van der Waals surface area contributed by atoms with Gasteiger partial charge in [-0.2, -0.15) is 0 Å². The van der Waals surface area contributed by atoms with E-state index in [1.165, 1.54) is 4.57 Å². The van der Waals surface area contributed by atoms with E-state index in [0.29, 0.717) is 25.3 Å². The van der Waals surface area contributed by atoms with Gasteiger partial charge in [0.2, 0.25) is 0 Å². The Bertz CT molecular complexity index is 808. The molecule has 6 nitrogen and oxygen atoms in total. The Morgan fingerprint density at radius 3 is 2.72 bits per heavy atom. The number of ether oxygens (including phenoxy) is 1. The quantitative estimate of drug-likeness (QED) is 0.830. The number of anilines is 1. The normalized spacial score (nSPS) is 15.2. The van der Waals surface area contributed by atoms with Crippen LogP contribution in [0.15, 0.2) is 41.5 Å². The molecule has 0 unspecified atom stereocenters. The molecule has 0 amide bonds. The molecule has 0 spiro atoms. The van der Waals surface area contributed by atoms with Gasteiger partial charge in [-0.25, -0.2) is 4.98 Å². The van der Waals surface area contributed by atoms with Gasteiger partial charge in [0, 0.05) is 50.4 Å². The van der Waals surface area contributed by atoms with E-state index in [-0.39, 0.29) is 17.3 Å². The molecule has 0 N–H and O–H groups in total. The predicted molar refractivity (Wildman–Crippen MR) is 96.1 cm³/mol. The smallest absolute Gasteiger partial charge is 0.293 e. The molecule has 1 saturated heterocycles. The molecule has 0 radical (unpaired) electrons. The van der Waals surface area contributed by atoms with Crippen molar-refractivity contribution in [3.8, 4) is 5.75 Å². The van der Waals surface area contributed by atoms with Gasteiger partial charge in [0.25, 0.3) is 5.56 Å². The minimum absolute atomic E-state index is 0.0220. The Hall–Kier alpha value is -2.63. The molecule has 2 aromatic rings. The van der Waals surface area contributed by atoms with E-state index in [1.54, 1.807) is 26.6 Å². The van der Waals surface area contributed by atoms with Crippen LogP contribution in [0.3, 0.4) is 0 Å². The lowest BCUT2D eigenvalue weighted by molar-refractivity contribution is -0.122. The Labute approximate surface area is 147 Å². The van der Waals surface area contributed by atoms with Crippen LogP contribution in [0.1, 0.15) is 18.4 Å². The number of hydrogen-bond donors (Lipinski definition) is 0. The average Bonchev–Trinajstić information content (AvgIpc) is 2.64.